The van der Waals surface area contributed by atoms with Gasteiger partial charge in [-0.15, -0.1) is 0 Å². The molecule has 5 rings (SSSR count). The highest BCUT2D eigenvalue weighted by atomic mass is 16.2. The minimum absolute atomic E-state index is 0.231. The number of nitrogens with one attached hydrogen (secondary N) is 2. The molecule has 2 N–H and O–H groups in total. The average Bonchev–Trinajstić information content (AvgIpc) is 2.97. The molecule has 0 fully saturated rings. The van der Waals surface area contributed by atoms with Gasteiger partial charge in [0.2, 0.25) is 0 Å². The van der Waals surface area contributed by atoms with Crippen LogP contribution < -0.4 is 10.6 Å². The van der Waals surface area contributed by atoms with Gasteiger partial charge in [0.1, 0.15) is 0 Å². The number of hydrogen-bond donors (Lipinski definition) is 2. The second-order valence-electron chi connectivity index (χ2n) is 9.71. The van der Waals surface area contributed by atoms with Gasteiger partial charge in [-0.1, -0.05) is 50.2 Å². The number of nitrogens with zero attached hydrogens (tertiary/aromatic N) is 3. The van der Waals surface area contributed by atoms with Gasteiger partial charge in [-0.05, 0) is 60.9 Å². The van der Waals surface area contributed by atoms with Crippen LogP contribution in [0.25, 0.3) is 22.2 Å². The number of rotatable bonds is 7. The van der Waals surface area contributed by atoms with Crippen molar-refractivity contribution in [3.63, 3.8) is 0 Å². The van der Waals surface area contributed by atoms with Crippen LogP contribution in [0.5, 0.6) is 0 Å². The maximum atomic E-state index is 13.3. The van der Waals surface area contributed by atoms with Crippen LogP contribution in [0.15, 0.2) is 97.5 Å². The SMILES string of the molecule is CC(C)c1ccc(-c2ncccc2C(=O)Nc2ccc3cc(C(=O)NC(C)c4ccccn4)cnc3c2)cc1. The van der Waals surface area contributed by atoms with Crippen molar-refractivity contribution in [3.05, 3.63) is 120 Å². The average molecular weight is 516 g/mol. The second-order valence-corrected chi connectivity index (χ2v) is 9.71. The molecular weight excluding hydrogens is 486 g/mol. The fraction of sp³-hybridized carbons (Fsp3) is 0.156. The van der Waals surface area contributed by atoms with Crippen LogP contribution in [0.4, 0.5) is 5.69 Å². The molecule has 0 saturated carbocycles. The first-order valence-corrected chi connectivity index (χ1v) is 12.9. The van der Waals surface area contributed by atoms with Crippen LogP contribution in [0.2, 0.25) is 0 Å². The molecule has 0 saturated heterocycles. The largest absolute Gasteiger partial charge is 0.344 e. The molecule has 2 amide bonds. The number of hydrogen-bond acceptors (Lipinski definition) is 5. The lowest BCUT2D eigenvalue weighted by Crippen LogP contribution is -2.27. The molecule has 0 aliphatic heterocycles. The highest BCUT2D eigenvalue weighted by Crippen LogP contribution is 2.26. The third-order valence-electron chi connectivity index (χ3n) is 6.59. The summed E-state index contributed by atoms with van der Waals surface area (Å²) in [5.41, 5.74) is 5.72. The Bertz CT molecular complexity index is 1630. The third kappa shape index (κ3) is 5.83. The first kappa shape index (κ1) is 25.7. The fourth-order valence-corrected chi connectivity index (χ4v) is 4.35. The van der Waals surface area contributed by atoms with E-state index in [1.54, 1.807) is 42.7 Å². The third-order valence-corrected chi connectivity index (χ3v) is 6.59. The summed E-state index contributed by atoms with van der Waals surface area (Å²) in [6, 6.07) is 24.2. The van der Waals surface area contributed by atoms with Crippen molar-refractivity contribution in [2.75, 3.05) is 5.32 Å². The highest BCUT2D eigenvalue weighted by molar-refractivity contribution is 6.08. The molecule has 2 aromatic carbocycles. The number of carbonyl (C=O) groups excluding carboxylic acids is 2. The molecule has 0 bridgehead atoms. The molecule has 0 aliphatic rings. The van der Waals surface area contributed by atoms with Crippen molar-refractivity contribution in [2.45, 2.75) is 32.7 Å². The molecule has 39 heavy (non-hydrogen) atoms. The number of pyridine rings is 3. The number of amides is 2. The van der Waals surface area contributed by atoms with Crippen molar-refractivity contribution in [1.29, 1.82) is 0 Å². The predicted molar refractivity (Wildman–Crippen MR) is 154 cm³/mol. The van der Waals surface area contributed by atoms with Crippen LogP contribution in [-0.4, -0.2) is 26.8 Å². The quantitative estimate of drug-likeness (QED) is 0.256. The molecule has 0 aliphatic carbocycles. The maximum Gasteiger partial charge on any atom is 0.257 e. The van der Waals surface area contributed by atoms with Crippen LogP contribution in [0.1, 0.15) is 64.7 Å². The Labute approximate surface area is 227 Å². The minimum atomic E-state index is -0.259. The van der Waals surface area contributed by atoms with Crippen molar-refractivity contribution >= 4 is 28.4 Å². The van der Waals surface area contributed by atoms with Gasteiger partial charge in [-0.2, -0.15) is 0 Å². The van der Waals surface area contributed by atoms with E-state index in [0.29, 0.717) is 33.9 Å². The van der Waals surface area contributed by atoms with Crippen molar-refractivity contribution < 1.29 is 9.59 Å². The van der Waals surface area contributed by atoms with Crippen molar-refractivity contribution in [1.82, 2.24) is 20.3 Å². The summed E-state index contributed by atoms with van der Waals surface area (Å²) >= 11 is 0. The van der Waals surface area contributed by atoms with Gasteiger partial charge in [0, 0.05) is 35.2 Å². The molecular formula is C32H29N5O2. The van der Waals surface area contributed by atoms with Gasteiger partial charge in [-0.25, -0.2) is 0 Å². The smallest absolute Gasteiger partial charge is 0.257 e. The zero-order valence-corrected chi connectivity index (χ0v) is 22.1. The molecule has 0 radical (unpaired) electrons. The number of benzene rings is 2. The summed E-state index contributed by atoms with van der Waals surface area (Å²) in [6.07, 6.45) is 4.92. The first-order valence-electron chi connectivity index (χ1n) is 12.9. The number of fused-ring (bicyclic) bond motifs is 1. The van der Waals surface area contributed by atoms with Gasteiger partial charge in [0.05, 0.1) is 34.1 Å². The van der Waals surface area contributed by atoms with Crippen LogP contribution >= 0.6 is 0 Å². The summed E-state index contributed by atoms with van der Waals surface area (Å²) in [4.78, 5) is 39.3. The van der Waals surface area contributed by atoms with Gasteiger partial charge >= 0.3 is 0 Å². The zero-order chi connectivity index (χ0) is 27.4. The topological polar surface area (TPSA) is 96.9 Å². The second kappa shape index (κ2) is 11.2. The van der Waals surface area contributed by atoms with Crippen LogP contribution in [0.3, 0.4) is 0 Å². The number of carbonyl (C=O) groups is 2. The van der Waals surface area contributed by atoms with Gasteiger partial charge in [0.25, 0.3) is 11.8 Å². The molecule has 3 heterocycles. The van der Waals surface area contributed by atoms with E-state index in [9.17, 15) is 9.59 Å². The molecule has 5 aromatic rings. The summed E-state index contributed by atoms with van der Waals surface area (Å²) < 4.78 is 0. The van der Waals surface area contributed by atoms with E-state index in [1.165, 1.54) is 11.8 Å². The molecule has 0 spiro atoms. The molecule has 1 atom stereocenters. The summed E-state index contributed by atoms with van der Waals surface area (Å²) in [7, 11) is 0. The van der Waals surface area contributed by atoms with Gasteiger partial charge in [0.15, 0.2) is 0 Å². The van der Waals surface area contributed by atoms with E-state index in [4.69, 9.17) is 0 Å². The summed E-state index contributed by atoms with van der Waals surface area (Å²) in [6.45, 7) is 6.18. The van der Waals surface area contributed by atoms with Crippen LogP contribution in [0, 0.1) is 0 Å². The standard InChI is InChI=1S/C32H29N5O2/c1-20(2)22-9-11-23(12-10-22)30-27(7-6-16-34-30)32(39)37-26-14-13-24-17-25(19-35-29(24)18-26)31(38)36-21(3)28-8-4-5-15-33-28/h4-21H,1-3H3,(H,36,38)(H,37,39). The molecule has 1 unspecified atom stereocenters. The zero-order valence-electron chi connectivity index (χ0n) is 22.1. The Morgan fingerprint density at radius 1 is 0.769 bits per heavy atom. The lowest BCUT2D eigenvalue weighted by Gasteiger charge is -2.13. The Morgan fingerprint density at radius 3 is 2.31 bits per heavy atom. The van der Waals surface area contributed by atoms with E-state index >= 15 is 0 Å². The first-order chi connectivity index (χ1) is 18.9. The Morgan fingerprint density at radius 2 is 1.56 bits per heavy atom. The molecule has 194 valence electrons. The summed E-state index contributed by atoms with van der Waals surface area (Å²) in [5.74, 6) is -0.0666. The predicted octanol–water partition coefficient (Wildman–Crippen LogP) is 6.56. The minimum Gasteiger partial charge on any atom is -0.344 e. The van der Waals surface area contributed by atoms with E-state index in [0.717, 1.165) is 16.6 Å². The normalized spacial score (nSPS) is 11.8. The fourth-order valence-electron chi connectivity index (χ4n) is 4.35. The van der Waals surface area contributed by atoms with Gasteiger partial charge < -0.3 is 10.6 Å². The Kier molecular flexibility index (Phi) is 7.41. The Balaban J connectivity index is 1.32. The maximum absolute atomic E-state index is 13.3. The van der Waals surface area contributed by atoms with Gasteiger partial charge in [-0.3, -0.25) is 24.5 Å². The van der Waals surface area contributed by atoms with Crippen molar-refractivity contribution in [2.24, 2.45) is 0 Å². The Hall–Kier alpha value is -4.91. The van der Waals surface area contributed by atoms with E-state index in [1.807, 2.05) is 43.3 Å². The number of anilines is 1. The monoisotopic (exact) mass is 515 g/mol. The lowest BCUT2D eigenvalue weighted by atomic mass is 9.99. The lowest BCUT2D eigenvalue weighted by molar-refractivity contribution is 0.0938. The van der Waals surface area contributed by atoms with Crippen LogP contribution in [-0.2, 0) is 0 Å². The van der Waals surface area contributed by atoms with E-state index in [2.05, 4.69) is 51.6 Å². The highest BCUT2D eigenvalue weighted by Gasteiger charge is 2.16. The molecule has 7 nitrogen and oxygen atoms in total. The van der Waals surface area contributed by atoms with E-state index < -0.39 is 0 Å². The van der Waals surface area contributed by atoms with E-state index in [-0.39, 0.29) is 17.9 Å². The molecule has 7 heteroatoms. The summed E-state index contributed by atoms with van der Waals surface area (Å²) in [5, 5.41) is 6.71. The molecule has 3 aromatic heterocycles. The van der Waals surface area contributed by atoms with Crippen molar-refractivity contribution in [3.8, 4) is 11.3 Å². The number of aromatic nitrogens is 3.